The van der Waals surface area contributed by atoms with Crippen molar-refractivity contribution in [2.24, 2.45) is 0 Å². The average Bonchev–Trinajstić information content (AvgIpc) is 2.83. The molecule has 0 unspecified atom stereocenters. The van der Waals surface area contributed by atoms with E-state index in [2.05, 4.69) is 0 Å². The fourth-order valence-corrected chi connectivity index (χ4v) is 2.62. The van der Waals surface area contributed by atoms with Crippen LogP contribution >= 0.6 is 0 Å². The Morgan fingerprint density at radius 1 is 1.16 bits per heavy atom. The smallest absolute Gasteiger partial charge is 0.172 e. The molecule has 0 amide bonds. The number of phenols is 1. The molecule has 1 heterocycles. The lowest BCUT2D eigenvalue weighted by Gasteiger charge is -2.30. The Hall–Kier alpha value is -1.46. The third kappa shape index (κ3) is 2.24. The van der Waals surface area contributed by atoms with E-state index < -0.39 is 23.2 Å². The van der Waals surface area contributed by atoms with Gasteiger partial charge in [-0.05, 0) is 18.1 Å². The summed E-state index contributed by atoms with van der Waals surface area (Å²) >= 11 is 0. The van der Waals surface area contributed by atoms with Crippen molar-refractivity contribution in [1.82, 2.24) is 0 Å². The molecule has 1 aliphatic heterocycles. The highest BCUT2D eigenvalue weighted by atomic mass is 19.1. The van der Waals surface area contributed by atoms with Crippen LogP contribution in [-0.4, -0.2) is 24.1 Å². The Labute approximate surface area is 109 Å². The van der Waals surface area contributed by atoms with E-state index in [-0.39, 0.29) is 5.56 Å². The van der Waals surface area contributed by atoms with Crippen LogP contribution in [0.25, 0.3) is 5.57 Å². The van der Waals surface area contributed by atoms with Gasteiger partial charge >= 0.3 is 0 Å². The Kier molecular flexibility index (Phi) is 3.03. The van der Waals surface area contributed by atoms with Gasteiger partial charge in [0.05, 0.1) is 13.2 Å². The van der Waals surface area contributed by atoms with E-state index in [1.165, 1.54) is 0 Å². The minimum atomic E-state index is -0.940. The zero-order valence-corrected chi connectivity index (χ0v) is 10.3. The number of ether oxygens (including phenoxy) is 2. The summed E-state index contributed by atoms with van der Waals surface area (Å²) in [5.74, 6) is -2.72. The lowest BCUT2D eigenvalue weighted by molar-refractivity contribution is -0.159. The fourth-order valence-electron chi connectivity index (χ4n) is 2.62. The zero-order chi connectivity index (χ0) is 13.5. The summed E-state index contributed by atoms with van der Waals surface area (Å²) in [5.41, 5.74) is 0.936. The molecule has 19 heavy (non-hydrogen) atoms. The highest BCUT2D eigenvalue weighted by Gasteiger charge is 2.38. The van der Waals surface area contributed by atoms with Gasteiger partial charge in [-0.15, -0.1) is 0 Å². The highest BCUT2D eigenvalue weighted by Crippen LogP contribution is 2.40. The summed E-state index contributed by atoms with van der Waals surface area (Å²) in [6.45, 7) is 1.14. The molecule has 1 aromatic carbocycles. The van der Waals surface area contributed by atoms with E-state index in [0.29, 0.717) is 38.5 Å². The molecule has 1 saturated heterocycles. The van der Waals surface area contributed by atoms with Crippen LogP contribution in [0.5, 0.6) is 5.75 Å². The first-order valence-electron chi connectivity index (χ1n) is 6.25. The van der Waals surface area contributed by atoms with Crippen LogP contribution in [0, 0.1) is 11.6 Å². The second-order valence-corrected chi connectivity index (χ2v) is 4.82. The lowest BCUT2D eigenvalue weighted by Crippen LogP contribution is -2.31. The van der Waals surface area contributed by atoms with Crippen LogP contribution in [0.1, 0.15) is 24.8 Å². The van der Waals surface area contributed by atoms with Gasteiger partial charge in [-0.1, -0.05) is 6.08 Å². The summed E-state index contributed by atoms with van der Waals surface area (Å²) in [5, 5.41) is 9.69. The molecule has 1 aromatic rings. The van der Waals surface area contributed by atoms with Crippen LogP contribution < -0.4 is 0 Å². The van der Waals surface area contributed by atoms with Gasteiger partial charge in [0, 0.05) is 24.5 Å². The number of allylic oxidation sites excluding steroid dienone is 1. The zero-order valence-electron chi connectivity index (χ0n) is 10.3. The predicted octanol–water partition coefficient (Wildman–Crippen LogP) is 2.98. The van der Waals surface area contributed by atoms with E-state index in [9.17, 15) is 13.9 Å². The Morgan fingerprint density at radius 2 is 1.89 bits per heavy atom. The second-order valence-electron chi connectivity index (χ2n) is 4.82. The van der Waals surface area contributed by atoms with Crippen molar-refractivity contribution < 1.29 is 23.4 Å². The molecule has 0 atom stereocenters. The minimum absolute atomic E-state index is 0.213. The first-order valence-corrected chi connectivity index (χ1v) is 6.25. The average molecular weight is 268 g/mol. The van der Waals surface area contributed by atoms with Crippen molar-refractivity contribution in [2.45, 2.75) is 25.0 Å². The van der Waals surface area contributed by atoms with E-state index in [1.807, 2.05) is 6.08 Å². The molecule has 102 valence electrons. The molecule has 1 spiro atoms. The normalized spacial score (nSPS) is 21.7. The first-order chi connectivity index (χ1) is 9.10. The van der Waals surface area contributed by atoms with E-state index in [0.717, 1.165) is 11.6 Å². The van der Waals surface area contributed by atoms with Crippen molar-refractivity contribution in [1.29, 1.82) is 0 Å². The predicted molar refractivity (Wildman–Crippen MR) is 64.5 cm³/mol. The first kappa shape index (κ1) is 12.6. The molecule has 2 aliphatic rings. The van der Waals surface area contributed by atoms with E-state index >= 15 is 0 Å². The number of phenolic OH excluding ortho intramolecular Hbond substituents is 1. The Morgan fingerprint density at radius 3 is 2.53 bits per heavy atom. The number of benzene rings is 1. The van der Waals surface area contributed by atoms with E-state index in [1.54, 1.807) is 0 Å². The summed E-state index contributed by atoms with van der Waals surface area (Å²) in [6.07, 6.45) is 3.52. The van der Waals surface area contributed by atoms with Gasteiger partial charge in [0.25, 0.3) is 0 Å². The molecule has 3 rings (SSSR count). The molecule has 1 N–H and O–H groups in total. The van der Waals surface area contributed by atoms with Gasteiger partial charge in [0.2, 0.25) is 0 Å². The molecule has 0 bridgehead atoms. The van der Waals surface area contributed by atoms with Gasteiger partial charge in [-0.25, -0.2) is 8.78 Å². The SMILES string of the molecule is Oc1c(F)cc(F)cc1C1=CCC2(CC1)OCCO2. The number of aromatic hydroxyl groups is 1. The number of hydrogen-bond donors (Lipinski definition) is 1. The van der Waals surface area contributed by atoms with Crippen molar-refractivity contribution in [3.05, 3.63) is 35.4 Å². The quantitative estimate of drug-likeness (QED) is 0.851. The van der Waals surface area contributed by atoms with Gasteiger partial charge in [0.1, 0.15) is 5.82 Å². The maximum atomic E-state index is 13.3. The summed E-state index contributed by atoms with van der Waals surface area (Å²) in [6, 6.07) is 1.82. The van der Waals surface area contributed by atoms with Gasteiger partial charge in [-0.3, -0.25) is 0 Å². The van der Waals surface area contributed by atoms with Gasteiger partial charge in [0.15, 0.2) is 17.4 Å². The third-order valence-corrected chi connectivity index (χ3v) is 3.62. The molecule has 0 radical (unpaired) electrons. The molecule has 0 aromatic heterocycles. The van der Waals surface area contributed by atoms with Crippen molar-refractivity contribution in [3.63, 3.8) is 0 Å². The van der Waals surface area contributed by atoms with Crippen molar-refractivity contribution >= 4 is 5.57 Å². The topological polar surface area (TPSA) is 38.7 Å². The fraction of sp³-hybridized carbons (Fsp3) is 0.429. The Bertz CT molecular complexity index is 534. The van der Waals surface area contributed by atoms with Gasteiger partial charge in [-0.2, -0.15) is 0 Å². The van der Waals surface area contributed by atoms with Crippen LogP contribution in [0.2, 0.25) is 0 Å². The highest BCUT2D eigenvalue weighted by molar-refractivity contribution is 5.71. The Balaban J connectivity index is 1.90. The number of hydrogen-bond acceptors (Lipinski definition) is 3. The van der Waals surface area contributed by atoms with Crippen LogP contribution in [-0.2, 0) is 9.47 Å². The molecule has 1 aliphatic carbocycles. The van der Waals surface area contributed by atoms with Crippen LogP contribution in [0.4, 0.5) is 8.78 Å². The molecule has 0 saturated carbocycles. The monoisotopic (exact) mass is 268 g/mol. The molecule has 1 fully saturated rings. The lowest BCUT2D eigenvalue weighted by atomic mass is 9.89. The summed E-state index contributed by atoms with van der Waals surface area (Å²) in [7, 11) is 0. The van der Waals surface area contributed by atoms with E-state index in [4.69, 9.17) is 9.47 Å². The molecule has 5 heteroatoms. The minimum Gasteiger partial charge on any atom is -0.504 e. The van der Waals surface area contributed by atoms with Crippen molar-refractivity contribution in [3.8, 4) is 5.75 Å². The molecular formula is C14H14F2O3. The maximum absolute atomic E-state index is 13.3. The number of rotatable bonds is 1. The maximum Gasteiger partial charge on any atom is 0.172 e. The summed E-state index contributed by atoms with van der Waals surface area (Å²) < 4.78 is 37.7. The summed E-state index contributed by atoms with van der Waals surface area (Å²) in [4.78, 5) is 0. The second kappa shape index (κ2) is 4.58. The molecular weight excluding hydrogens is 254 g/mol. The standard InChI is InChI=1S/C14H14F2O3/c15-10-7-11(13(17)12(16)8-10)9-1-3-14(4-2-9)18-5-6-19-14/h1,7-8,17H,2-6H2. The number of halogens is 2. The van der Waals surface area contributed by atoms with Crippen molar-refractivity contribution in [2.75, 3.05) is 13.2 Å². The largest absolute Gasteiger partial charge is 0.504 e. The van der Waals surface area contributed by atoms with Crippen LogP contribution in [0.15, 0.2) is 18.2 Å². The molecule has 3 nitrogen and oxygen atoms in total. The van der Waals surface area contributed by atoms with Crippen LogP contribution in [0.3, 0.4) is 0 Å². The van der Waals surface area contributed by atoms with Gasteiger partial charge < -0.3 is 14.6 Å². The third-order valence-electron chi connectivity index (χ3n) is 3.62.